The Morgan fingerprint density at radius 3 is 2.30 bits per heavy atom. The summed E-state index contributed by atoms with van der Waals surface area (Å²) in [5.74, 6) is 0.687. The summed E-state index contributed by atoms with van der Waals surface area (Å²) >= 11 is 0. The SMILES string of the molecule is COC1=C(c2ccccc2O)C(O)=CC(C)(C)C1OC. The highest BCUT2D eigenvalue weighted by Gasteiger charge is 2.39. The monoisotopic (exact) mass is 276 g/mol. The summed E-state index contributed by atoms with van der Waals surface area (Å²) in [6.07, 6.45) is 1.39. The van der Waals surface area contributed by atoms with Crippen molar-refractivity contribution in [3.8, 4) is 5.75 Å². The first-order valence-electron chi connectivity index (χ1n) is 6.44. The van der Waals surface area contributed by atoms with Crippen molar-refractivity contribution in [2.45, 2.75) is 20.0 Å². The predicted molar refractivity (Wildman–Crippen MR) is 77.3 cm³/mol. The molecule has 0 aromatic heterocycles. The lowest BCUT2D eigenvalue weighted by atomic mass is 9.77. The van der Waals surface area contributed by atoms with Gasteiger partial charge in [0.05, 0.1) is 12.7 Å². The molecule has 0 aliphatic heterocycles. The van der Waals surface area contributed by atoms with Gasteiger partial charge < -0.3 is 19.7 Å². The lowest BCUT2D eigenvalue weighted by Gasteiger charge is -2.36. The maximum atomic E-state index is 10.4. The van der Waals surface area contributed by atoms with Crippen molar-refractivity contribution < 1.29 is 19.7 Å². The topological polar surface area (TPSA) is 58.9 Å². The van der Waals surface area contributed by atoms with E-state index in [2.05, 4.69) is 0 Å². The highest BCUT2D eigenvalue weighted by molar-refractivity contribution is 5.83. The Labute approximate surface area is 119 Å². The molecule has 0 fully saturated rings. The minimum Gasteiger partial charge on any atom is -0.507 e. The minimum atomic E-state index is -0.405. The summed E-state index contributed by atoms with van der Waals surface area (Å²) in [6.45, 7) is 3.91. The Kier molecular flexibility index (Phi) is 3.77. The molecule has 0 saturated heterocycles. The van der Waals surface area contributed by atoms with Gasteiger partial charge >= 0.3 is 0 Å². The average molecular weight is 276 g/mol. The summed E-state index contributed by atoms with van der Waals surface area (Å²) < 4.78 is 11.0. The molecular weight excluding hydrogens is 256 g/mol. The fourth-order valence-electron chi connectivity index (χ4n) is 2.67. The quantitative estimate of drug-likeness (QED) is 0.889. The van der Waals surface area contributed by atoms with E-state index in [1.807, 2.05) is 13.8 Å². The third kappa shape index (κ3) is 2.27. The largest absolute Gasteiger partial charge is 0.507 e. The van der Waals surface area contributed by atoms with Crippen molar-refractivity contribution in [3.05, 3.63) is 47.4 Å². The molecule has 2 N–H and O–H groups in total. The van der Waals surface area contributed by atoms with Gasteiger partial charge in [-0.3, -0.25) is 0 Å². The third-order valence-electron chi connectivity index (χ3n) is 3.55. The summed E-state index contributed by atoms with van der Waals surface area (Å²) in [5, 5.41) is 20.4. The molecule has 0 amide bonds. The molecule has 4 nitrogen and oxygen atoms in total. The molecule has 108 valence electrons. The van der Waals surface area contributed by atoms with E-state index < -0.39 is 5.41 Å². The fraction of sp³-hybridized carbons (Fsp3) is 0.375. The first kappa shape index (κ1) is 14.5. The number of allylic oxidation sites excluding steroid dienone is 1. The Bertz CT molecular complexity index is 570. The van der Waals surface area contributed by atoms with E-state index in [0.717, 1.165) is 0 Å². The van der Waals surface area contributed by atoms with Gasteiger partial charge in [-0.2, -0.15) is 0 Å². The van der Waals surface area contributed by atoms with Gasteiger partial charge in [-0.05, 0) is 12.1 Å². The van der Waals surface area contributed by atoms with Crippen molar-refractivity contribution in [2.24, 2.45) is 5.41 Å². The third-order valence-corrected chi connectivity index (χ3v) is 3.55. The van der Waals surface area contributed by atoms with Gasteiger partial charge in [-0.25, -0.2) is 0 Å². The van der Waals surface area contributed by atoms with Gasteiger partial charge in [0.2, 0.25) is 0 Å². The number of para-hydroxylation sites is 1. The van der Waals surface area contributed by atoms with Crippen LogP contribution in [0.25, 0.3) is 5.57 Å². The highest BCUT2D eigenvalue weighted by atomic mass is 16.5. The maximum absolute atomic E-state index is 10.4. The molecule has 2 rings (SSSR count). The number of hydrogen-bond acceptors (Lipinski definition) is 4. The van der Waals surface area contributed by atoms with E-state index in [4.69, 9.17) is 9.47 Å². The van der Waals surface area contributed by atoms with E-state index >= 15 is 0 Å². The number of phenolic OH excluding ortho intramolecular Hbond substituents is 1. The van der Waals surface area contributed by atoms with Crippen LogP contribution in [0.2, 0.25) is 0 Å². The zero-order chi connectivity index (χ0) is 14.9. The number of aromatic hydroxyl groups is 1. The first-order valence-corrected chi connectivity index (χ1v) is 6.44. The zero-order valence-electron chi connectivity index (χ0n) is 12.2. The number of rotatable bonds is 3. The summed E-state index contributed by atoms with van der Waals surface area (Å²) in [4.78, 5) is 0. The molecule has 1 unspecified atom stereocenters. The molecular formula is C16H20O4. The Balaban J connectivity index is 2.68. The van der Waals surface area contributed by atoms with Crippen LogP contribution in [-0.2, 0) is 9.47 Å². The van der Waals surface area contributed by atoms with Crippen molar-refractivity contribution in [1.82, 2.24) is 0 Å². The fourth-order valence-corrected chi connectivity index (χ4v) is 2.67. The number of phenols is 1. The van der Waals surface area contributed by atoms with Gasteiger partial charge in [-0.1, -0.05) is 32.0 Å². The van der Waals surface area contributed by atoms with Crippen molar-refractivity contribution in [2.75, 3.05) is 14.2 Å². The minimum absolute atomic E-state index is 0.0849. The summed E-state index contributed by atoms with van der Waals surface area (Å²) in [5.41, 5.74) is 0.588. The molecule has 0 bridgehead atoms. The van der Waals surface area contributed by atoms with E-state index in [1.165, 1.54) is 7.11 Å². The van der Waals surface area contributed by atoms with Crippen molar-refractivity contribution in [1.29, 1.82) is 0 Å². The number of ether oxygens (including phenoxy) is 2. The maximum Gasteiger partial charge on any atom is 0.137 e. The molecule has 0 spiro atoms. The molecule has 1 atom stereocenters. The van der Waals surface area contributed by atoms with Crippen LogP contribution in [0, 0.1) is 5.41 Å². The van der Waals surface area contributed by atoms with Crippen LogP contribution in [0.1, 0.15) is 19.4 Å². The number of hydrogen-bond donors (Lipinski definition) is 2. The van der Waals surface area contributed by atoms with Gasteiger partial charge in [0.1, 0.15) is 23.4 Å². The highest BCUT2D eigenvalue weighted by Crippen LogP contribution is 2.44. The average Bonchev–Trinajstić information content (AvgIpc) is 2.38. The molecule has 20 heavy (non-hydrogen) atoms. The van der Waals surface area contributed by atoms with Crippen molar-refractivity contribution >= 4 is 5.57 Å². The second kappa shape index (κ2) is 5.21. The molecule has 0 saturated carbocycles. The number of aliphatic hydroxyl groups excluding tert-OH is 1. The van der Waals surface area contributed by atoms with Crippen LogP contribution < -0.4 is 0 Å². The summed E-state index contributed by atoms with van der Waals surface area (Å²) in [6, 6.07) is 6.83. The molecule has 1 aliphatic rings. The van der Waals surface area contributed by atoms with Crippen LogP contribution in [-0.4, -0.2) is 30.5 Å². The second-order valence-electron chi connectivity index (χ2n) is 5.43. The van der Waals surface area contributed by atoms with Gasteiger partial charge in [-0.15, -0.1) is 0 Å². The molecule has 4 heteroatoms. The van der Waals surface area contributed by atoms with Gasteiger partial charge in [0, 0.05) is 18.1 Å². The molecule has 1 aromatic rings. The number of methoxy groups -OCH3 is 2. The summed E-state index contributed by atoms with van der Waals surface area (Å²) in [7, 11) is 3.14. The number of benzene rings is 1. The van der Waals surface area contributed by atoms with E-state index in [-0.39, 0.29) is 17.6 Å². The standard InChI is InChI=1S/C16H20O4/c1-16(2)9-12(18)13(14(19-3)15(16)20-4)10-7-5-6-8-11(10)17/h5-9,15,17-18H,1-4H3. The van der Waals surface area contributed by atoms with E-state index in [9.17, 15) is 10.2 Å². The Morgan fingerprint density at radius 1 is 1.10 bits per heavy atom. The zero-order valence-corrected chi connectivity index (χ0v) is 12.2. The Hall–Kier alpha value is -1.94. The van der Waals surface area contributed by atoms with Crippen LogP contribution in [0.3, 0.4) is 0 Å². The lowest BCUT2D eigenvalue weighted by molar-refractivity contribution is 0.0158. The van der Waals surface area contributed by atoms with Crippen LogP contribution in [0.4, 0.5) is 0 Å². The molecule has 1 aromatic carbocycles. The molecule has 1 aliphatic carbocycles. The smallest absolute Gasteiger partial charge is 0.137 e. The second-order valence-corrected chi connectivity index (χ2v) is 5.43. The first-order chi connectivity index (χ1) is 9.42. The molecule has 0 radical (unpaired) electrons. The Morgan fingerprint density at radius 2 is 1.75 bits per heavy atom. The van der Waals surface area contributed by atoms with Gasteiger partial charge in [0.25, 0.3) is 0 Å². The normalized spacial score (nSPS) is 21.6. The van der Waals surface area contributed by atoms with Crippen LogP contribution in [0.15, 0.2) is 41.9 Å². The van der Waals surface area contributed by atoms with E-state index in [0.29, 0.717) is 16.9 Å². The molecule has 0 heterocycles. The van der Waals surface area contributed by atoms with Crippen molar-refractivity contribution in [3.63, 3.8) is 0 Å². The number of aliphatic hydroxyl groups is 1. The van der Waals surface area contributed by atoms with E-state index in [1.54, 1.807) is 37.5 Å². The van der Waals surface area contributed by atoms with Crippen LogP contribution >= 0.6 is 0 Å². The predicted octanol–water partition coefficient (Wildman–Crippen LogP) is 3.25. The lowest BCUT2D eigenvalue weighted by Crippen LogP contribution is -2.35. The van der Waals surface area contributed by atoms with Crippen LogP contribution in [0.5, 0.6) is 5.75 Å². The van der Waals surface area contributed by atoms with Gasteiger partial charge in [0.15, 0.2) is 0 Å².